The number of hydrogen-bond acceptors (Lipinski definition) is 6. The Hall–Kier alpha value is -1.83. The molecule has 26 heavy (non-hydrogen) atoms. The number of rotatable bonds is 6. The molecule has 2 aromatic rings. The van der Waals surface area contributed by atoms with Crippen molar-refractivity contribution in [1.82, 2.24) is 4.98 Å². The number of thiazole rings is 1. The largest absolute Gasteiger partial charge is 0.372 e. The molecule has 1 aliphatic heterocycles. The van der Waals surface area contributed by atoms with Crippen LogP contribution in [0.3, 0.4) is 0 Å². The smallest absolute Gasteiger partial charge is 0.208 e. The van der Waals surface area contributed by atoms with Gasteiger partial charge in [0.25, 0.3) is 0 Å². The van der Waals surface area contributed by atoms with E-state index in [1.807, 2.05) is 11.4 Å². The summed E-state index contributed by atoms with van der Waals surface area (Å²) >= 11 is 1.54. The molecule has 5 nitrogen and oxygen atoms in total. The van der Waals surface area contributed by atoms with Crippen molar-refractivity contribution in [3.05, 3.63) is 59.1 Å². The van der Waals surface area contributed by atoms with Gasteiger partial charge in [0.05, 0.1) is 28.8 Å². The van der Waals surface area contributed by atoms with Gasteiger partial charge in [0.2, 0.25) is 9.84 Å². The van der Waals surface area contributed by atoms with Gasteiger partial charge in [0, 0.05) is 17.5 Å². The molecule has 136 valence electrons. The molecule has 0 saturated heterocycles. The number of benzene rings is 1. The fraction of sp³-hybridized carbons (Fsp3) is 0.368. The summed E-state index contributed by atoms with van der Waals surface area (Å²) in [5.74, 6) is -0.0943. The summed E-state index contributed by atoms with van der Waals surface area (Å²) in [6.07, 6.45) is 7.41. The van der Waals surface area contributed by atoms with E-state index in [2.05, 4.69) is 9.98 Å². The minimum Gasteiger partial charge on any atom is -0.372 e. The Morgan fingerprint density at radius 1 is 1.23 bits per heavy atom. The molecule has 2 aliphatic rings. The fourth-order valence-corrected chi connectivity index (χ4v) is 6.32. The Morgan fingerprint density at radius 3 is 2.77 bits per heavy atom. The number of aromatic nitrogens is 1. The normalized spacial score (nSPS) is 28.0. The van der Waals surface area contributed by atoms with Crippen molar-refractivity contribution in [3.8, 4) is 0 Å². The molecule has 0 N–H and O–H groups in total. The third kappa shape index (κ3) is 3.04. The van der Waals surface area contributed by atoms with Crippen LogP contribution in [0.25, 0.3) is 0 Å². The molecule has 1 aromatic heterocycles. The summed E-state index contributed by atoms with van der Waals surface area (Å²) in [7, 11) is -3.62. The van der Waals surface area contributed by atoms with Crippen LogP contribution in [0.5, 0.6) is 0 Å². The van der Waals surface area contributed by atoms with Crippen LogP contribution < -0.4 is 0 Å². The zero-order valence-electron chi connectivity index (χ0n) is 14.2. The lowest BCUT2D eigenvalue weighted by atomic mass is 9.98. The van der Waals surface area contributed by atoms with Crippen molar-refractivity contribution in [2.75, 3.05) is 0 Å². The molecule has 1 fully saturated rings. The summed E-state index contributed by atoms with van der Waals surface area (Å²) in [5.41, 5.74) is 2.71. The highest BCUT2D eigenvalue weighted by molar-refractivity contribution is 7.93. The molecule has 3 atom stereocenters. The van der Waals surface area contributed by atoms with Gasteiger partial charge in [-0.25, -0.2) is 13.4 Å². The molecule has 0 spiro atoms. The highest BCUT2D eigenvalue weighted by Gasteiger charge is 2.52. The van der Waals surface area contributed by atoms with Crippen molar-refractivity contribution in [2.24, 2.45) is 10.9 Å². The maximum absolute atomic E-state index is 13.4. The molecule has 0 radical (unpaired) electrons. The summed E-state index contributed by atoms with van der Waals surface area (Å²) in [4.78, 5) is 7.78. The third-order valence-electron chi connectivity index (χ3n) is 5.10. The topological polar surface area (TPSA) is 68.6 Å². The van der Waals surface area contributed by atoms with Gasteiger partial charge in [-0.1, -0.05) is 18.2 Å². The predicted octanol–water partition coefficient (Wildman–Crippen LogP) is 3.64. The first kappa shape index (κ1) is 17.6. The van der Waals surface area contributed by atoms with Crippen molar-refractivity contribution in [2.45, 2.75) is 41.7 Å². The highest BCUT2D eigenvalue weighted by Crippen LogP contribution is 2.45. The van der Waals surface area contributed by atoms with Crippen LogP contribution in [-0.4, -0.2) is 30.6 Å². The highest BCUT2D eigenvalue weighted by atomic mass is 32.2. The first-order chi connectivity index (χ1) is 12.6. The van der Waals surface area contributed by atoms with Crippen LogP contribution in [0.1, 0.15) is 25.0 Å². The average molecular weight is 389 g/mol. The second kappa shape index (κ2) is 7.06. The van der Waals surface area contributed by atoms with Gasteiger partial charge in [-0.15, -0.1) is 11.3 Å². The molecular formula is C19H20N2O3S2. The predicted molar refractivity (Wildman–Crippen MR) is 102 cm³/mol. The Balaban J connectivity index is 1.54. The zero-order chi connectivity index (χ0) is 18.0. The van der Waals surface area contributed by atoms with Crippen LogP contribution >= 0.6 is 11.3 Å². The maximum Gasteiger partial charge on any atom is 0.208 e. The van der Waals surface area contributed by atoms with Gasteiger partial charge >= 0.3 is 0 Å². The van der Waals surface area contributed by atoms with Crippen LogP contribution in [-0.2, 0) is 21.2 Å². The lowest BCUT2D eigenvalue weighted by molar-refractivity contribution is 0.0406. The van der Waals surface area contributed by atoms with E-state index in [1.165, 1.54) is 0 Å². The van der Waals surface area contributed by atoms with E-state index in [0.29, 0.717) is 17.9 Å². The minimum atomic E-state index is -3.62. The SMILES string of the molecule is O=S(=O)(c1ccccc1)C1(C2CCC(OCc3cscn3)C2)C=CC=N1. The molecule has 1 aliphatic carbocycles. The standard InChI is InChI=1S/C19H20N2O3S2/c22-26(23,18-5-2-1-3-6-18)19(9-4-10-21-19)15-7-8-17(11-15)24-12-16-13-25-14-20-16/h1-6,9-10,13-15,17H,7-8,11-12H2. The second-order valence-electron chi connectivity index (χ2n) is 6.63. The number of hydrogen-bond donors (Lipinski definition) is 0. The fourth-order valence-electron chi connectivity index (χ4n) is 3.77. The van der Waals surface area contributed by atoms with E-state index in [1.54, 1.807) is 59.5 Å². The molecular weight excluding hydrogens is 368 g/mol. The first-order valence-corrected chi connectivity index (χ1v) is 11.1. The average Bonchev–Trinajstić information content (AvgIpc) is 3.41. The Morgan fingerprint density at radius 2 is 2.08 bits per heavy atom. The third-order valence-corrected chi connectivity index (χ3v) is 8.07. The molecule has 0 amide bonds. The zero-order valence-corrected chi connectivity index (χ0v) is 15.8. The van der Waals surface area contributed by atoms with Crippen molar-refractivity contribution >= 4 is 27.4 Å². The minimum absolute atomic E-state index is 0.0359. The van der Waals surface area contributed by atoms with Crippen LogP contribution in [0.4, 0.5) is 0 Å². The van der Waals surface area contributed by atoms with Gasteiger partial charge in [-0.3, -0.25) is 4.99 Å². The van der Waals surface area contributed by atoms with Gasteiger partial charge in [-0.2, -0.15) is 0 Å². The number of aliphatic imine (C=N–C) groups is 1. The van der Waals surface area contributed by atoms with Gasteiger partial charge in [0.15, 0.2) is 4.87 Å². The van der Waals surface area contributed by atoms with E-state index in [9.17, 15) is 8.42 Å². The monoisotopic (exact) mass is 388 g/mol. The molecule has 2 heterocycles. The number of allylic oxidation sites excluding steroid dienone is 1. The number of sulfone groups is 1. The molecule has 4 rings (SSSR count). The number of ether oxygens (including phenoxy) is 1. The van der Waals surface area contributed by atoms with Crippen LogP contribution in [0.15, 0.2) is 63.3 Å². The molecule has 1 aromatic carbocycles. The Labute approximate surface area is 157 Å². The van der Waals surface area contributed by atoms with E-state index in [4.69, 9.17) is 4.74 Å². The van der Waals surface area contributed by atoms with Gasteiger partial charge in [-0.05, 0) is 43.5 Å². The Bertz CT molecular complexity index is 894. The van der Waals surface area contributed by atoms with E-state index in [0.717, 1.165) is 18.5 Å². The summed E-state index contributed by atoms with van der Waals surface area (Å²) in [6.45, 7) is 0.471. The quantitative estimate of drug-likeness (QED) is 0.758. The molecule has 1 saturated carbocycles. The van der Waals surface area contributed by atoms with E-state index >= 15 is 0 Å². The lowest BCUT2D eigenvalue weighted by Gasteiger charge is -2.30. The van der Waals surface area contributed by atoms with Crippen molar-refractivity contribution < 1.29 is 13.2 Å². The van der Waals surface area contributed by atoms with E-state index in [-0.39, 0.29) is 12.0 Å². The summed E-state index contributed by atoms with van der Waals surface area (Å²) in [5, 5.41) is 1.97. The van der Waals surface area contributed by atoms with E-state index < -0.39 is 14.7 Å². The lowest BCUT2D eigenvalue weighted by Crippen LogP contribution is -2.40. The summed E-state index contributed by atoms with van der Waals surface area (Å²) < 4.78 is 32.7. The second-order valence-corrected chi connectivity index (χ2v) is 9.48. The van der Waals surface area contributed by atoms with Crippen LogP contribution in [0.2, 0.25) is 0 Å². The van der Waals surface area contributed by atoms with Gasteiger partial charge in [0.1, 0.15) is 0 Å². The van der Waals surface area contributed by atoms with Crippen LogP contribution in [0, 0.1) is 5.92 Å². The molecule has 7 heteroatoms. The maximum atomic E-state index is 13.4. The first-order valence-electron chi connectivity index (χ1n) is 8.63. The van der Waals surface area contributed by atoms with Crippen molar-refractivity contribution in [1.29, 1.82) is 0 Å². The van der Waals surface area contributed by atoms with Crippen molar-refractivity contribution in [3.63, 3.8) is 0 Å². The Kier molecular flexibility index (Phi) is 4.77. The van der Waals surface area contributed by atoms with Gasteiger partial charge < -0.3 is 4.74 Å². The number of nitrogens with zero attached hydrogens (tertiary/aromatic N) is 2. The molecule has 3 unspecified atom stereocenters. The molecule has 0 bridgehead atoms. The summed E-state index contributed by atoms with van der Waals surface area (Å²) in [6, 6.07) is 8.60.